The van der Waals surface area contributed by atoms with Crippen molar-refractivity contribution in [1.82, 2.24) is 9.97 Å². The molecule has 0 aliphatic rings. The van der Waals surface area contributed by atoms with Crippen LogP contribution in [0.2, 0.25) is 0 Å². The van der Waals surface area contributed by atoms with E-state index in [1.807, 2.05) is 19.2 Å². The van der Waals surface area contributed by atoms with E-state index in [9.17, 15) is 0 Å². The van der Waals surface area contributed by atoms with E-state index < -0.39 is 0 Å². The highest BCUT2D eigenvalue weighted by molar-refractivity contribution is 5.59. The van der Waals surface area contributed by atoms with E-state index in [1.165, 1.54) is 5.56 Å². The number of nitrogens with zero attached hydrogens (tertiary/aromatic N) is 2. The lowest BCUT2D eigenvalue weighted by Gasteiger charge is -2.10. The van der Waals surface area contributed by atoms with Crippen molar-refractivity contribution in [2.75, 3.05) is 17.7 Å². The van der Waals surface area contributed by atoms with Crippen LogP contribution in [0.5, 0.6) is 0 Å². The first kappa shape index (κ1) is 12.4. The number of nitrogens with one attached hydrogen (secondary N) is 2. The van der Waals surface area contributed by atoms with Crippen LogP contribution in [0.3, 0.4) is 0 Å². The number of aromatic nitrogens is 2. The molecule has 0 aliphatic heterocycles. The molecular formula is C14H18N4. The van der Waals surface area contributed by atoms with Gasteiger partial charge in [-0.05, 0) is 23.6 Å². The highest BCUT2D eigenvalue weighted by atomic mass is 15.1. The van der Waals surface area contributed by atoms with Gasteiger partial charge in [0, 0.05) is 18.8 Å². The van der Waals surface area contributed by atoms with Gasteiger partial charge in [-0.2, -0.15) is 0 Å². The first-order chi connectivity index (χ1) is 8.69. The van der Waals surface area contributed by atoms with Gasteiger partial charge in [-0.25, -0.2) is 9.97 Å². The highest BCUT2D eigenvalue weighted by Crippen LogP contribution is 2.21. The average Bonchev–Trinajstić information content (AvgIpc) is 2.39. The van der Waals surface area contributed by atoms with Crippen LogP contribution in [0, 0.1) is 0 Å². The number of anilines is 3. The molecule has 2 rings (SSSR count). The summed E-state index contributed by atoms with van der Waals surface area (Å²) in [6.07, 6.45) is 1.54. The first-order valence-corrected chi connectivity index (χ1v) is 6.06. The van der Waals surface area contributed by atoms with Crippen LogP contribution in [-0.4, -0.2) is 17.0 Å². The number of benzene rings is 1. The minimum absolute atomic E-state index is 0.519. The summed E-state index contributed by atoms with van der Waals surface area (Å²) in [6, 6.07) is 10.2. The Balaban J connectivity index is 2.20. The summed E-state index contributed by atoms with van der Waals surface area (Å²) in [5.74, 6) is 2.10. The molecule has 0 radical (unpaired) electrons. The zero-order valence-electron chi connectivity index (χ0n) is 10.9. The van der Waals surface area contributed by atoms with Crippen molar-refractivity contribution < 1.29 is 0 Å². The van der Waals surface area contributed by atoms with Crippen LogP contribution in [-0.2, 0) is 0 Å². The summed E-state index contributed by atoms with van der Waals surface area (Å²) in [7, 11) is 1.84. The fourth-order valence-corrected chi connectivity index (χ4v) is 1.69. The van der Waals surface area contributed by atoms with E-state index in [0.29, 0.717) is 5.92 Å². The predicted molar refractivity (Wildman–Crippen MR) is 75.4 cm³/mol. The fourth-order valence-electron chi connectivity index (χ4n) is 1.69. The van der Waals surface area contributed by atoms with Gasteiger partial charge >= 0.3 is 0 Å². The predicted octanol–water partition coefficient (Wildman–Crippen LogP) is 3.39. The Morgan fingerprint density at radius 2 is 1.83 bits per heavy atom. The average molecular weight is 242 g/mol. The quantitative estimate of drug-likeness (QED) is 0.863. The molecule has 2 N–H and O–H groups in total. The molecule has 4 nitrogen and oxygen atoms in total. The van der Waals surface area contributed by atoms with Gasteiger partial charge in [-0.15, -0.1) is 0 Å². The van der Waals surface area contributed by atoms with Gasteiger partial charge in [0.2, 0.25) is 0 Å². The van der Waals surface area contributed by atoms with Gasteiger partial charge < -0.3 is 10.6 Å². The lowest BCUT2D eigenvalue weighted by atomic mass is 10.0. The van der Waals surface area contributed by atoms with E-state index in [4.69, 9.17) is 0 Å². The van der Waals surface area contributed by atoms with Crippen molar-refractivity contribution in [3.05, 3.63) is 42.2 Å². The normalized spacial score (nSPS) is 10.4. The highest BCUT2D eigenvalue weighted by Gasteiger charge is 2.02. The molecule has 0 fully saturated rings. The Morgan fingerprint density at radius 1 is 1.06 bits per heavy atom. The molecule has 94 valence electrons. The van der Waals surface area contributed by atoms with E-state index in [2.05, 4.69) is 52.6 Å². The Hall–Kier alpha value is -2.10. The zero-order chi connectivity index (χ0) is 13.0. The van der Waals surface area contributed by atoms with Gasteiger partial charge in [-0.3, -0.25) is 0 Å². The van der Waals surface area contributed by atoms with Crippen molar-refractivity contribution in [2.24, 2.45) is 0 Å². The molecular weight excluding hydrogens is 224 g/mol. The molecule has 1 heterocycles. The molecule has 0 atom stereocenters. The lowest BCUT2D eigenvalue weighted by Crippen LogP contribution is -1.98. The molecule has 0 saturated heterocycles. The van der Waals surface area contributed by atoms with Gasteiger partial charge in [0.05, 0.1) is 0 Å². The van der Waals surface area contributed by atoms with Gasteiger partial charge in [-0.1, -0.05) is 26.0 Å². The molecule has 4 heteroatoms. The molecule has 0 saturated carbocycles. The maximum absolute atomic E-state index is 4.19. The van der Waals surface area contributed by atoms with E-state index in [-0.39, 0.29) is 0 Å². The smallest absolute Gasteiger partial charge is 0.135 e. The second-order valence-electron chi connectivity index (χ2n) is 4.44. The monoisotopic (exact) mass is 242 g/mol. The van der Waals surface area contributed by atoms with Gasteiger partial charge in [0.1, 0.15) is 18.0 Å². The Bertz CT molecular complexity index is 523. The van der Waals surface area contributed by atoms with Crippen molar-refractivity contribution in [2.45, 2.75) is 19.8 Å². The molecule has 0 aliphatic carbocycles. The summed E-state index contributed by atoms with van der Waals surface area (Å²) in [5.41, 5.74) is 2.35. The van der Waals surface area contributed by atoms with E-state index in [1.54, 1.807) is 6.33 Å². The fraction of sp³-hybridized carbons (Fsp3) is 0.286. The molecule has 0 spiro atoms. The third kappa shape index (κ3) is 2.97. The van der Waals surface area contributed by atoms with Crippen LogP contribution >= 0.6 is 0 Å². The first-order valence-electron chi connectivity index (χ1n) is 6.06. The second kappa shape index (κ2) is 5.49. The number of hydrogen-bond donors (Lipinski definition) is 2. The Labute approximate surface area is 107 Å². The topological polar surface area (TPSA) is 49.8 Å². The van der Waals surface area contributed by atoms with Crippen molar-refractivity contribution in [3.63, 3.8) is 0 Å². The summed E-state index contributed by atoms with van der Waals surface area (Å²) >= 11 is 0. The van der Waals surface area contributed by atoms with E-state index >= 15 is 0 Å². The SMILES string of the molecule is CNc1cc(Nc2cccc(C(C)C)c2)ncn1. The lowest BCUT2D eigenvalue weighted by molar-refractivity contribution is 0.867. The van der Waals surface area contributed by atoms with Gasteiger partial charge in [0.25, 0.3) is 0 Å². The summed E-state index contributed by atoms with van der Waals surface area (Å²) in [4.78, 5) is 8.28. The van der Waals surface area contributed by atoms with Crippen molar-refractivity contribution in [3.8, 4) is 0 Å². The van der Waals surface area contributed by atoms with Crippen LogP contribution < -0.4 is 10.6 Å². The Kier molecular flexibility index (Phi) is 3.77. The summed E-state index contributed by atoms with van der Waals surface area (Å²) in [6.45, 7) is 4.37. The number of rotatable bonds is 4. The molecule has 1 aromatic carbocycles. The van der Waals surface area contributed by atoms with Crippen LogP contribution in [0.15, 0.2) is 36.7 Å². The molecule has 2 aromatic rings. The van der Waals surface area contributed by atoms with Crippen LogP contribution in [0.1, 0.15) is 25.3 Å². The zero-order valence-corrected chi connectivity index (χ0v) is 10.9. The minimum atomic E-state index is 0.519. The second-order valence-corrected chi connectivity index (χ2v) is 4.44. The summed E-state index contributed by atoms with van der Waals surface area (Å²) in [5, 5.41) is 6.27. The molecule has 1 aromatic heterocycles. The van der Waals surface area contributed by atoms with Gasteiger partial charge in [0.15, 0.2) is 0 Å². The van der Waals surface area contributed by atoms with Crippen molar-refractivity contribution in [1.29, 1.82) is 0 Å². The van der Waals surface area contributed by atoms with Crippen LogP contribution in [0.4, 0.5) is 17.3 Å². The molecule has 0 unspecified atom stereocenters. The maximum atomic E-state index is 4.19. The van der Waals surface area contributed by atoms with E-state index in [0.717, 1.165) is 17.3 Å². The largest absolute Gasteiger partial charge is 0.373 e. The summed E-state index contributed by atoms with van der Waals surface area (Å²) < 4.78 is 0. The Morgan fingerprint density at radius 3 is 2.56 bits per heavy atom. The third-order valence-corrected chi connectivity index (χ3v) is 2.75. The molecule has 0 amide bonds. The number of hydrogen-bond acceptors (Lipinski definition) is 4. The molecule has 0 bridgehead atoms. The third-order valence-electron chi connectivity index (χ3n) is 2.75. The van der Waals surface area contributed by atoms with Crippen LogP contribution in [0.25, 0.3) is 0 Å². The molecule has 18 heavy (non-hydrogen) atoms. The minimum Gasteiger partial charge on any atom is -0.373 e. The maximum Gasteiger partial charge on any atom is 0.135 e. The standard InChI is InChI=1S/C14H18N4/c1-10(2)11-5-4-6-12(7-11)18-14-8-13(15-3)16-9-17-14/h4-10H,1-3H3,(H2,15,16,17,18). The van der Waals surface area contributed by atoms with Crippen molar-refractivity contribution >= 4 is 17.3 Å².